The molecule has 5 rings (SSSR count). The van der Waals surface area contributed by atoms with Gasteiger partial charge in [0.25, 0.3) is 5.91 Å². The van der Waals surface area contributed by atoms with Crippen LogP contribution in [0, 0.1) is 24.2 Å². The SMILES string of the molecule is Cc1ccc(-c2ccc3c(c2)C(=O)NCC3)cc1.N#CCNC(=O)[C@H]1NC2CCC1C2. The van der Waals surface area contributed by atoms with Crippen molar-refractivity contribution in [2.75, 3.05) is 13.1 Å². The van der Waals surface area contributed by atoms with Gasteiger partial charge in [0, 0.05) is 18.2 Å². The maximum Gasteiger partial charge on any atom is 0.251 e. The number of benzene rings is 2. The lowest BCUT2D eigenvalue weighted by Crippen LogP contribution is -2.47. The van der Waals surface area contributed by atoms with Crippen molar-refractivity contribution in [3.05, 3.63) is 59.2 Å². The highest BCUT2D eigenvalue weighted by molar-refractivity contribution is 5.98. The number of hydrogen-bond donors (Lipinski definition) is 3. The quantitative estimate of drug-likeness (QED) is 0.671. The molecule has 1 aliphatic carbocycles. The zero-order valence-corrected chi connectivity index (χ0v) is 17.8. The summed E-state index contributed by atoms with van der Waals surface area (Å²) < 4.78 is 0. The number of nitrogens with one attached hydrogen (secondary N) is 3. The summed E-state index contributed by atoms with van der Waals surface area (Å²) >= 11 is 0. The van der Waals surface area contributed by atoms with Crippen LogP contribution in [0.1, 0.15) is 40.7 Å². The molecule has 3 N–H and O–H groups in total. The van der Waals surface area contributed by atoms with E-state index >= 15 is 0 Å². The molecule has 6 heteroatoms. The zero-order chi connectivity index (χ0) is 21.8. The van der Waals surface area contributed by atoms with Crippen LogP contribution in [0.3, 0.4) is 0 Å². The van der Waals surface area contributed by atoms with Gasteiger partial charge in [0.2, 0.25) is 5.91 Å². The Kier molecular flexibility index (Phi) is 6.34. The van der Waals surface area contributed by atoms with Gasteiger partial charge in [0.05, 0.1) is 12.1 Å². The fraction of sp³-hybridized carbons (Fsp3) is 0.400. The molecular weight excluding hydrogens is 388 g/mol. The maximum atomic E-state index is 11.8. The van der Waals surface area contributed by atoms with E-state index in [4.69, 9.17) is 5.26 Å². The lowest BCUT2D eigenvalue weighted by atomic mass is 9.95. The molecular formula is C25H28N4O2. The molecule has 0 spiro atoms. The van der Waals surface area contributed by atoms with Gasteiger partial charge in [0.1, 0.15) is 6.54 Å². The third-order valence-electron chi connectivity index (χ3n) is 6.40. The van der Waals surface area contributed by atoms with E-state index in [-0.39, 0.29) is 24.4 Å². The van der Waals surface area contributed by atoms with Gasteiger partial charge in [-0.1, -0.05) is 42.0 Å². The molecule has 31 heavy (non-hydrogen) atoms. The van der Waals surface area contributed by atoms with Crippen molar-refractivity contribution in [3.8, 4) is 17.2 Å². The Hall–Kier alpha value is -3.17. The van der Waals surface area contributed by atoms with Crippen molar-refractivity contribution >= 4 is 11.8 Å². The minimum atomic E-state index is -0.0351. The number of hydrogen-bond acceptors (Lipinski definition) is 4. The van der Waals surface area contributed by atoms with Crippen molar-refractivity contribution in [1.82, 2.24) is 16.0 Å². The monoisotopic (exact) mass is 416 g/mol. The number of carbonyl (C=O) groups excluding carboxylic acids is 2. The van der Waals surface area contributed by atoms with Gasteiger partial charge in [-0.15, -0.1) is 0 Å². The van der Waals surface area contributed by atoms with Crippen LogP contribution in [-0.4, -0.2) is 37.0 Å². The first kappa shape index (κ1) is 21.1. The van der Waals surface area contributed by atoms with Gasteiger partial charge in [-0.3, -0.25) is 9.59 Å². The summed E-state index contributed by atoms with van der Waals surface area (Å²) in [6.07, 6.45) is 4.41. The van der Waals surface area contributed by atoms with Crippen LogP contribution in [0.15, 0.2) is 42.5 Å². The highest BCUT2D eigenvalue weighted by Crippen LogP contribution is 2.35. The van der Waals surface area contributed by atoms with Crippen molar-refractivity contribution < 1.29 is 9.59 Å². The number of carbonyl (C=O) groups is 2. The van der Waals surface area contributed by atoms with E-state index in [9.17, 15) is 9.59 Å². The molecule has 2 heterocycles. The molecule has 3 aliphatic rings. The summed E-state index contributed by atoms with van der Waals surface area (Å²) in [5.74, 6) is 0.544. The number of aryl methyl sites for hydroxylation is 1. The first-order valence-electron chi connectivity index (χ1n) is 10.9. The molecule has 1 saturated heterocycles. The lowest BCUT2D eigenvalue weighted by molar-refractivity contribution is -0.123. The molecule has 0 radical (unpaired) electrons. The topological polar surface area (TPSA) is 94.0 Å². The Bertz CT molecular complexity index is 1010. The highest BCUT2D eigenvalue weighted by Gasteiger charge is 2.42. The van der Waals surface area contributed by atoms with Crippen LogP contribution in [0.5, 0.6) is 0 Å². The number of nitrogens with zero attached hydrogens (tertiary/aromatic N) is 1. The number of nitriles is 1. The molecule has 2 aromatic carbocycles. The van der Waals surface area contributed by atoms with Gasteiger partial charge in [-0.05, 0) is 61.3 Å². The second-order valence-corrected chi connectivity index (χ2v) is 8.53. The molecule has 2 bridgehead atoms. The van der Waals surface area contributed by atoms with E-state index in [1.807, 2.05) is 12.1 Å². The maximum absolute atomic E-state index is 11.8. The largest absolute Gasteiger partial charge is 0.352 e. The van der Waals surface area contributed by atoms with Gasteiger partial charge in [0.15, 0.2) is 0 Å². The predicted molar refractivity (Wildman–Crippen MR) is 119 cm³/mol. The Labute approximate surface area is 183 Å². The van der Waals surface area contributed by atoms with Gasteiger partial charge in [-0.2, -0.15) is 5.26 Å². The van der Waals surface area contributed by atoms with Crippen molar-refractivity contribution in [1.29, 1.82) is 5.26 Å². The summed E-state index contributed by atoms with van der Waals surface area (Å²) in [6, 6.07) is 17.0. The van der Waals surface area contributed by atoms with Crippen LogP contribution in [0.25, 0.3) is 11.1 Å². The fourth-order valence-corrected chi connectivity index (χ4v) is 4.72. The second-order valence-electron chi connectivity index (χ2n) is 8.53. The first-order chi connectivity index (χ1) is 15.0. The molecule has 2 aromatic rings. The van der Waals surface area contributed by atoms with Gasteiger partial charge < -0.3 is 16.0 Å². The first-order valence-corrected chi connectivity index (χ1v) is 10.9. The minimum Gasteiger partial charge on any atom is -0.352 e. The normalized spacial score (nSPS) is 23.1. The van der Waals surface area contributed by atoms with E-state index in [2.05, 4.69) is 59.3 Å². The third-order valence-corrected chi connectivity index (χ3v) is 6.40. The highest BCUT2D eigenvalue weighted by atomic mass is 16.2. The fourth-order valence-electron chi connectivity index (χ4n) is 4.72. The number of piperidine rings is 1. The standard InChI is InChI=1S/C16H15NO.C9H13N3O/c1-11-2-4-12(5-3-11)14-7-6-13-8-9-17-16(18)15(13)10-14;10-3-4-11-9(13)8-6-1-2-7(5-6)12-8/h2-7,10H,8-9H2,1H3,(H,17,18);6-8,12H,1-2,4-5H2,(H,11,13)/t;6?,7?,8-/m.0/s1. The predicted octanol–water partition coefficient (Wildman–Crippen LogP) is 2.71. The second kappa shape index (κ2) is 9.32. The van der Waals surface area contributed by atoms with E-state index < -0.39 is 0 Å². The third kappa shape index (κ3) is 4.78. The van der Waals surface area contributed by atoms with Crippen LogP contribution in [-0.2, 0) is 11.2 Å². The molecule has 2 amide bonds. The smallest absolute Gasteiger partial charge is 0.251 e. The summed E-state index contributed by atoms with van der Waals surface area (Å²) in [5, 5.41) is 17.1. The average molecular weight is 417 g/mol. The zero-order valence-electron chi connectivity index (χ0n) is 17.8. The van der Waals surface area contributed by atoms with E-state index in [1.165, 1.54) is 12.0 Å². The van der Waals surface area contributed by atoms with Crippen LogP contribution < -0.4 is 16.0 Å². The Morgan fingerprint density at radius 2 is 1.94 bits per heavy atom. The Morgan fingerprint density at radius 1 is 1.16 bits per heavy atom. The minimum absolute atomic E-state index is 0.00579. The number of amides is 2. The number of fused-ring (bicyclic) bond motifs is 3. The van der Waals surface area contributed by atoms with Crippen molar-refractivity contribution in [3.63, 3.8) is 0 Å². The van der Waals surface area contributed by atoms with Crippen LogP contribution >= 0.6 is 0 Å². The van der Waals surface area contributed by atoms with E-state index in [0.717, 1.165) is 48.1 Å². The number of rotatable bonds is 3. The molecule has 1 saturated carbocycles. The van der Waals surface area contributed by atoms with Gasteiger partial charge >= 0.3 is 0 Å². The molecule has 2 aliphatic heterocycles. The van der Waals surface area contributed by atoms with Crippen molar-refractivity contribution in [2.24, 2.45) is 5.92 Å². The van der Waals surface area contributed by atoms with Gasteiger partial charge in [-0.25, -0.2) is 0 Å². The van der Waals surface area contributed by atoms with Crippen molar-refractivity contribution in [2.45, 2.75) is 44.7 Å². The molecule has 3 atom stereocenters. The molecule has 2 unspecified atom stereocenters. The summed E-state index contributed by atoms with van der Waals surface area (Å²) in [4.78, 5) is 23.3. The summed E-state index contributed by atoms with van der Waals surface area (Å²) in [7, 11) is 0. The van der Waals surface area contributed by atoms with E-state index in [1.54, 1.807) is 0 Å². The summed E-state index contributed by atoms with van der Waals surface area (Å²) in [5.41, 5.74) is 5.47. The van der Waals surface area contributed by atoms with Crippen LogP contribution in [0.2, 0.25) is 0 Å². The molecule has 2 fully saturated rings. The van der Waals surface area contributed by atoms with Crippen LogP contribution in [0.4, 0.5) is 0 Å². The van der Waals surface area contributed by atoms with E-state index in [0.29, 0.717) is 12.0 Å². The Morgan fingerprint density at radius 3 is 2.61 bits per heavy atom. The summed E-state index contributed by atoms with van der Waals surface area (Å²) in [6.45, 7) is 2.94. The molecule has 6 nitrogen and oxygen atoms in total. The Balaban J connectivity index is 0.000000158. The lowest BCUT2D eigenvalue weighted by Gasteiger charge is -2.21. The average Bonchev–Trinajstić information content (AvgIpc) is 3.43. The molecule has 0 aromatic heterocycles. The molecule has 160 valence electrons.